The minimum Gasteiger partial charge on any atom is -0.324 e. The Kier molecular flexibility index (Phi) is 5.07. The van der Waals surface area contributed by atoms with Gasteiger partial charge in [0.05, 0.1) is 16.5 Å². The Labute approximate surface area is 150 Å². The molecular formula is C19H17ClN2OS. The number of carbonyl (C=O) groups excluding carboxylic acids is 1. The van der Waals surface area contributed by atoms with E-state index in [0.29, 0.717) is 5.02 Å². The molecule has 3 aromatic rings. The number of fused-ring (bicyclic) bond motifs is 1. The maximum absolute atomic E-state index is 12.6. The number of pyridine rings is 1. The third-order valence-corrected chi connectivity index (χ3v) is 4.96. The average Bonchev–Trinajstić information content (AvgIpc) is 2.56. The summed E-state index contributed by atoms with van der Waals surface area (Å²) in [4.78, 5) is 18.1. The lowest BCUT2D eigenvalue weighted by Crippen LogP contribution is -2.22. The lowest BCUT2D eigenvalue weighted by Gasteiger charge is -2.14. The predicted molar refractivity (Wildman–Crippen MR) is 102 cm³/mol. The van der Waals surface area contributed by atoms with Crippen molar-refractivity contribution in [1.29, 1.82) is 0 Å². The highest BCUT2D eigenvalue weighted by atomic mass is 35.5. The summed E-state index contributed by atoms with van der Waals surface area (Å²) in [5.41, 5.74) is 2.56. The highest BCUT2D eigenvalue weighted by Gasteiger charge is 2.16. The number of anilines is 1. The van der Waals surface area contributed by atoms with Crippen LogP contribution < -0.4 is 5.32 Å². The van der Waals surface area contributed by atoms with Gasteiger partial charge in [0, 0.05) is 21.0 Å². The van der Waals surface area contributed by atoms with Crippen LogP contribution in [0.15, 0.2) is 59.5 Å². The Balaban J connectivity index is 1.78. The van der Waals surface area contributed by atoms with Crippen LogP contribution in [-0.2, 0) is 4.79 Å². The van der Waals surface area contributed by atoms with Gasteiger partial charge >= 0.3 is 0 Å². The predicted octanol–water partition coefficient (Wildman–Crippen LogP) is 5.32. The van der Waals surface area contributed by atoms with E-state index in [4.69, 9.17) is 11.6 Å². The van der Waals surface area contributed by atoms with Crippen molar-refractivity contribution in [3.63, 3.8) is 0 Å². The van der Waals surface area contributed by atoms with E-state index >= 15 is 0 Å². The lowest BCUT2D eigenvalue weighted by molar-refractivity contribution is -0.115. The van der Waals surface area contributed by atoms with Crippen LogP contribution in [0.5, 0.6) is 0 Å². The van der Waals surface area contributed by atoms with Crippen molar-refractivity contribution in [2.24, 2.45) is 0 Å². The van der Waals surface area contributed by atoms with Crippen LogP contribution in [0.4, 0.5) is 5.69 Å². The third-order valence-electron chi connectivity index (χ3n) is 3.60. The second kappa shape index (κ2) is 7.24. The first-order chi connectivity index (χ1) is 11.5. The van der Waals surface area contributed by atoms with Crippen LogP contribution in [0.3, 0.4) is 0 Å². The molecule has 1 atom stereocenters. The first-order valence-electron chi connectivity index (χ1n) is 7.62. The fourth-order valence-corrected chi connectivity index (χ4v) is 3.41. The second-order valence-electron chi connectivity index (χ2n) is 5.53. The molecule has 1 heterocycles. The van der Waals surface area contributed by atoms with Gasteiger partial charge in [0.2, 0.25) is 5.91 Å². The Bertz CT molecular complexity index is 880. The molecule has 0 spiro atoms. The number of hydrogen-bond acceptors (Lipinski definition) is 3. The van der Waals surface area contributed by atoms with Gasteiger partial charge in [-0.3, -0.25) is 9.78 Å². The van der Waals surface area contributed by atoms with E-state index in [1.54, 1.807) is 0 Å². The Morgan fingerprint density at radius 3 is 2.62 bits per heavy atom. The molecule has 0 aliphatic heterocycles. The molecule has 1 unspecified atom stereocenters. The molecule has 1 amide bonds. The highest BCUT2D eigenvalue weighted by Crippen LogP contribution is 2.27. The Morgan fingerprint density at radius 1 is 1.17 bits per heavy atom. The molecule has 0 radical (unpaired) electrons. The zero-order valence-corrected chi connectivity index (χ0v) is 15.0. The SMILES string of the molecule is Cc1cc(NC(=O)C(C)Sc2ccc(Cl)cc2)c2ccccc2n1. The van der Waals surface area contributed by atoms with Crippen LogP contribution in [0.2, 0.25) is 5.02 Å². The van der Waals surface area contributed by atoms with Gasteiger partial charge in [-0.15, -0.1) is 11.8 Å². The molecule has 122 valence electrons. The number of benzene rings is 2. The van der Waals surface area contributed by atoms with Gasteiger partial charge in [-0.1, -0.05) is 29.8 Å². The number of nitrogens with one attached hydrogen (secondary N) is 1. The maximum Gasteiger partial charge on any atom is 0.237 e. The molecule has 0 aliphatic rings. The molecule has 1 N–H and O–H groups in total. The van der Waals surface area contributed by atoms with Crippen molar-refractivity contribution in [2.45, 2.75) is 24.0 Å². The number of aryl methyl sites for hydroxylation is 1. The summed E-state index contributed by atoms with van der Waals surface area (Å²) >= 11 is 7.40. The number of hydrogen-bond donors (Lipinski definition) is 1. The number of halogens is 1. The van der Waals surface area contributed by atoms with Crippen molar-refractivity contribution >= 4 is 45.9 Å². The zero-order chi connectivity index (χ0) is 17.1. The molecule has 0 saturated carbocycles. The van der Waals surface area contributed by atoms with Crippen molar-refractivity contribution in [1.82, 2.24) is 4.98 Å². The number of thioether (sulfide) groups is 1. The van der Waals surface area contributed by atoms with E-state index < -0.39 is 0 Å². The van der Waals surface area contributed by atoms with E-state index in [-0.39, 0.29) is 11.2 Å². The summed E-state index contributed by atoms with van der Waals surface area (Å²) in [7, 11) is 0. The van der Waals surface area contributed by atoms with Gasteiger partial charge in [-0.2, -0.15) is 0 Å². The molecule has 1 aromatic heterocycles. The number of carbonyl (C=O) groups is 1. The Morgan fingerprint density at radius 2 is 1.88 bits per heavy atom. The third kappa shape index (κ3) is 3.89. The summed E-state index contributed by atoms with van der Waals surface area (Å²) in [5.74, 6) is -0.0364. The molecule has 5 heteroatoms. The van der Waals surface area contributed by atoms with Crippen molar-refractivity contribution < 1.29 is 4.79 Å². The zero-order valence-electron chi connectivity index (χ0n) is 13.4. The van der Waals surface area contributed by atoms with Crippen molar-refractivity contribution in [3.05, 3.63) is 65.3 Å². The molecule has 2 aromatic carbocycles. The lowest BCUT2D eigenvalue weighted by atomic mass is 10.1. The maximum atomic E-state index is 12.6. The van der Waals surface area contributed by atoms with E-state index in [1.807, 2.05) is 68.4 Å². The first-order valence-corrected chi connectivity index (χ1v) is 8.88. The second-order valence-corrected chi connectivity index (χ2v) is 7.38. The van der Waals surface area contributed by atoms with Crippen LogP contribution in [0, 0.1) is 6.92 Å². The van der Waals surface area contributed by atoms with Crippen molar-refractivity contribution in [3.8, 4) is 0 Å². The summed E-state index contributed by atoms with van der Waals surface area (Å²) in [5, 5.41) is 4.44. The standard InChI is InChI=1S/C19H17ClN2OS/c1-12-11-18(16-5-3-4-6-17(16)21-12)22-19(23)13(2)24-15-9-7-14(20)8-10-15/h3-11,13H,1-2H3,(H,21,22,23). The summed E-state index contributed by atoms with van der Waals surface area (Å²) < 4.78 is 0. The fraction of sp³-hybridized carbons (Fsp3) is 0.158. The van der Waals surface area contributed by atoms with Crippen LogP contribution in [-0.4, -0.2) is 16.1 Å². The van der Waals surface area contributed by atoms with Gasteiger partial charge < -0.3 is 5.32 Å². The monoisotopic (exact) mass is 356 g/mol. The average molecular weight is 357 g/mol. The summed E-state index contributed by atoms with van der Waals surface area (Å²) in [6.45, 7) is 3.82. The van der Waals surface area contributed by atoms with E-state index in [0.717, 1.165) is 27.2 Å². The molecule has 0 saturated heterocycles. The number of para-hydroxylation sites is 1. The minimum atomic E-state index is -0.224. The number of amides is 1. The molecule has 24 heavy (non-hydrogen) atoms. The highest BCUT2D eigenvalue weighted by molar-refractivity contribution is 8.00. The molecule has 0 fully saturated rings. The molecule has 3 nitrogen and oxygen atoms in total. The van der Waals surface area contributed by atoms with Gasteiger partial charge in [-0.25, -0.2) is 0 Å². The van der Waals surface area contributed by atoms with Crippen LogP contribution >= 0.6 is 23.4 Å². The number of nitrogens with zero attached hydrogens (tertiary/aromatic N) is 1. The molecule has 0 aliphatic carbocycles. The first kappa shape index (κ1) is 16.8. The molecular weight excluding hydrogens is 340 g/mol. The van der Waals surface area contributed by atoms with Gasteiger partial charge in [0.1, 0.15) is 0 Å². The van der Waals surface area contributed by atoms with Crippen LogP contribution in [0.25, 0.3) is 10.9 Å². The van der Waals surface area contributed by atoms with Crippen molar-refractivity contribution in [2.75, 3.05) is 5.32 Å². The van der Waals surface area contributed by atoms with E-state index in [9.17, 15) is 4.79 Å². The quantitative estimate of drug-likeness (QED) is 0.643. The summed E-state index contributed by atoms with van der Waals surface area (Å²) in [6.07, 6.45) is 0. The fourth-order valence-electron chi connectivity index (χ4n) is 2.42. The van der Waals surface area contributed by atoms with E-state index in [2.05, 4.69) is 10.3 Å². The van der Waals surface area contributed by atoms with Gasteiger partial charge in [0.15, 0.2) is 0 Å². The van der Waals surface area contributed by atoms with Crippen LogP contribution in [0.1, 0.15) is 12.6 Å². The van der Waals surface area contributed by atoms with E-state index in [1.165, 1.54) is 11.8 Å². The van der Waals surface area contributed by atoms with Gasteiger partial charge in [-0.05, 0) is 50.2 Å². The smallest absolute Gasteiger partial charge is 0.237 e. The Hall–Kier alpha value is -2.04. The number of rotatable bonds is 4. The number of aromatic nitrogens is 1. The topological polar surface area (TPSA) is 42.0 Å². The summed E-state index contributed by atoms with van der Waals surface area (Å²) in [6, 6.07) is 17.2. The molecule has 3 rings (SSSR count). The normalized spacial score (nSPS) is 12.1. The minimum absolute atomic E-state index is 0.0364. The van der Waals surface area contributed by atoms with Gasteiger partial charge in [0.25, 0.3) is 0 Å². The molecule has 0 bridgehead atoms. The largest absolute Gasteiger partial charge is 0.324 e.